The fourth-order valence-corrected chi connectivity index (χ4v) is 4.69. The Kier molecular flexibility index (Phi) is 2.61. The van der Waals surface area contributed by atoms with Crippen molar-refractivity contribution in [2.24, 2.45) is 23.7 Å². The van der Waals surface area contributed by atoms with Gasteiger partial charge in [0, 0.05) is 10.9 Å². The van der Waals surface area contributed by atoms with Gasteiger partial charge in [-0.2, -0.15) is 0 Å². The van der Waals surface area contributed by atoms with Crippen LogP contribution in [0.15, 0.2) is 41.8 Å². The van der Waals surface area contributed by atoms with Gasteiger partial charge in [0.1, 0.15) is 5.69 Å². The predicted molar refractivity (Wildman–Crippen MR) is 85.6 cm³/mol. The van der Waals surface area contributed by atoms with Crippen LogP contribution in [0.5, 0.6) is 0 Å². The standard InChI is InChI=1S/C17H13N3O2S/c21-16-14-10-1-2-11(7-10)15(14)17(22)20(16)12-5-3-9(4-6-12)13-8-23-19-18-13/h1-6,8,10-11,14-15H,7H2/t10-,11-,14+,15+/m0/s1. The lowest BCUT2D eigenvalue weighted by atomic mass is 9.85. The van der Waals surface area contributed by atoms with Crippen LogP contribution in [-0.4, -0.2) is 21.4 Å². The van der Waals surface area contributed by atoms with Crippen LogP contribution in [0.25, 0.3) is 11.3 Å². The molecule has 0 spiro atoms. The molecule has 2 aromatic rings. The van der Waals surface area contributed by atoms with Gasteiger partial charge < -0.3 is 0 Å². The van der Waals surface area contributed by atoms with Crippen LogP contribution in [0.1, 0.15) is 6.42 Å². The first-order valence-electron chi connectivity index (χ1n) is 7.67. The lowest BCUT2D eigenvalue weighted by Gasteiger charge is -2.17. The second-order valence-corrected chi connectivity index (χ2v) is 6.96. The summed E-state index contributed by atoms with van der Waals surface area (Å²) < 4.78 is 3.85. The van der Waals surface area contributed by atoms with Crippen molar-refractivity contribution >= 4 is 29.0 Å². The molecule has 2 amide bonds. The van der Waals surface area contributed by atoms with Gasteiger partial charge in [-0.05, 0) is 41.9 Å². The summed E-state index contributed by atoms with van der Waals surface area (Å²) in [5.74, 6) is 0.0956. The zero-order chi connectivity index (χ0) is 15.6. The SMILES string of the molecule is O=C1[C@H]2[C@H](C(=O)N1c1ccc(-c3csnn3)cc1)[C@H]1C=C[C@H]2C1. The van der Waals surface area contributed by atoms with Gasteiger partial charge in [0.25, 0.3) is 0 Å². The largest absolute Gasteiger partial charge is 0.274 e. The van der Waals surface area contributed by atoms with Crippen molar-refractivity contribution in [1.82, 2.24) is 9.59 Å². The van der Waals surface area contributed by atoms with Gasteiger partial charge >= 0.3 is 0 Å². The second kappa shape index (κ2) is 4.58. The molecular formula is C17H13N3O2S. The van der Waals surface area contributed by atoms with Crippen molar-refractivity contribution in [3.8, 4) is 11.3 Å². The van der Waals surface area contributed by atoms with Crippen molar-refractivity contribution in [2.75, 3.05) is 4.90 Å². The number of carbonyl (C=O) groups is 2. The van der Waals surface area contributed by atoms with Crippen LogP contribution in [-0.2, 0) is 9.59 Å². The lowest BCUT2D eigenvalue weighted by Crippen LogP contribution is -2.32. The molecule has 0 unspecified atom stereocenters. The molecule has 0 radical (unpaired) electrons. The monoisotopic (exact) mass is 323 g/mol. The molecule has 1 saturated heterocycles. The lowest BCUT2D eigenvalue weighted by molar-refractivity contribution is -0.123. The quantitative estimate of drug-likeness (QED) is 0.629. The topological polar surface area (TPSA) is 63.2 Å². The maximum absolute atomic E-state index is 12.8. The number of benzene rings is 1. The molecule has 23 heavy (non-hydrogen) atoms. The highest BCUT2D eigenvalue weighted by Crippen LogP contribution is 2.53. The Morgan fingerprint density at radius 1 is 1.00 bits per heavy atom. The summed E-state index contributed by atoms with van der Waals surface area (Å²) in [6.45, 7) is 0. The maximum Gasteiger partial charge on any atom is 0.238 e. The molecule has 2 fully saturated rings. The molecule has 114 valence electrons. The number of amides is 2. The number of anilines is 1. The fourth-order valence-electron chi connectivity index (χ4n) is 4.23. The number of fused-ring (bicyclic) bond motifs is 5. The van der Waals surface area contributed by atoms with Crippen LogP contribution in [0.4, 0.5) is 5.69 Å². The van der Waals surface area contributed by atoms with E-state index in [4.69, 9.17) is 0 Å². The maximum atomic E-state index is 12.8. The summed E-state index contributed by atoms with van der Waals surface area (Å²) in [6.07, 6.45) is 5.17. The minimum Gasteiger partial charge on any atom is -0.274 e. The Morgan fingerprint density at radius 2 is 1.65 bits per heavy atom. The van der Waals surface area contributed by atoms with Crippen molar-refractivity contribution in [3.63, 3.8) is 0 Å². The van der Waals surface area contributed by atoms with Crippen LogP contribution in [0.3, 0.4) is 0 Å². The fraction of sp³-hybridized carbons (Fsp3) is 0.294. The first-order chi connectivity index (χ1) is 11.2. The Labute approximate surface area is 136 Å². The Bertz CT molecular complexity index is 798. The van der Waals surface area contributed by atoms with E-state index in [1.165, 1.54) is 16.4 Å². The van der Waals surface area contributed by atoms with Crippen molar-refractivity contribution in [2.45, 2.75) is 6.42 Å². The highest BCUT2D eigenvalue weighted by Gasteiger charge is 2.59. The summed E-state index contributed by atoms with van der Waals surface area (Å²) in [5, 5.41) is 5.90. The van der Waals surface area contributed by atoms with Crippen LogP contribution < -0.4 is 4.90 Å². The molecule has 6 heteroatoms. The average molecular weight is 323 g/mol. The van der Waals surface area contributed by atoms with Gasteiger partial charge in [-0.15, -0.1) is 5.10 Å². The van der Waals surface area contributed by atoms with Gasteiger partial charge in [0.2, 0.25) is 11.8 Å². The molecule has 2 aliphatic carbocycles. The van der Waals surface area contributed by atoms with Crippen molar-refractivity contribution in [1.29, 1.82) is 0 Å². The predicted octanol–water partition coefficient (Wildman–Crippen LogP) is 2.52. The number of hydrogen-bond donors (Lipinski definition) is 0. The number of rotatable bonds is 2. The Morgan fingerprint density at radius 3 is 2.22 bits per heavy atom. The smallest absolute Gasteiger partial charge is 0.238 e. The summed E-state index contributed by atoms with van der Waals surface area (Å²) in [7, 11) is 0. The van der Waals surface area contributed by atoms with E-state index >= 15 is 0 Å². The highest BCUT2D eigenvalue weighted by molar-refractivity contribution is 7.03. The van der Waals surface area contributed by atoms with Gasteiger partial charge in [0.15, 0.2) is 0 Å². The van der Waals surface area contributed by atoms with E-state index < -0.39 is 0 Å². The third-order valence-corrected chi connectivity index (χ3v) is 5.76. The van der Waals surface area contributed by atoms with Crippen LogP contribution >= 0.6 is 11.5 Å². The molecule has 1 aromatic carbocycles. The third-order valence-electron chi connectivity index (χ3n) is 5.25. The molecule has 1 aliphatic heterocycles. The summed E-state index contributed by atoms with van der Waals surface area (Å²) in [5.41, 5.74) is 2.39. The zero-order valence-corrected chi connectivity index (χ0v) is 12.9. The van der Waals surface area contributed by atoms with Crippen LogP contribution in [0.2, 0.25) is 0 Å². The normalized spacial score (nSPS) is 31.2. The van der Waals surface area contributed by atoms with Gasteiger partial charge in [0.05, 0.1) is 17.5 Å². The van der Waals surface area contributed by atoms with E-state index in [0.717, 1.165) is 17.7 Å². The van der Waals surface area contributed by atoms with Gasteiger partial charge in [-0.3, -0.25) is 14.5 Å². The van der Waals surface area contributed by atoms with Crippen molar-refractivity contribution in [3.05, 3.63) is 41.8 Å². The molecule has 1 saturated carbocycles. The molecule has 1 aromatic heterocycles. The zero-order valence-electron chi connectivity index (χ0n) is 12.1. The van der Waals surface area contributed by atoms with Gasteiger partial charge in [-0.1, -0.05) is 28.8 Å². The Hall–Kier alpha value is -2.34. The molecule has 5 nitrogen and oxygen atoms in total. The number of imide groups is 1. The van der Waals surface area contributed by atoms with Crippen LogP contribution in [0, 0.1) is 23.7 Å². The Balaban J connectivity index is 1.49. The number of allylic oxidation sites excluding steroid dienone is 2. The van der Waals surface area contributed by atoms with Gasteiger partial charge in [-0.25, -0.2) is 0 Å². The van der Waals surface area contributed by atoms with E-state index in [0.29, 0.717) is 5.69 Å². The molecule has 2 bridgehead atoms. The molecular weight excluding hydrogens is 310 g/mol. The number of hydrogen-bond acceptors (Lipinski definition) is 5. The van der Waals surface area contributed by atoms with E-state index in [9.17, 15) is 9.59 Å². The number of aromatic nitrogens is 2. The summed E-state index contributed by atoms with van der Waals surface area (Å²) in [4.78, 5) is 26.9. The van der Waals surface area contributed by atoms with E-state index in [1.807, 2.05) is 29.6 Å². The first-order valence-corrected chi connectivity index (χ1v) is 8.51. The second-order valence-electron chi connectivity index (χ2n) is 6.35. The molecule has 3 aliphatic rings. The van der Waals surface area contributed by atoms with E-state index in [2.05, 4.69) is 21.7 Å². The molecule has 2 heterocycles. The number of nitrogens with zero attached hydrogens (tertiary/aromatic N) is 3. The molecule has 5 rings (SSSR count). The molecule has 4 atom stereocenters. The van der Waals surface area contributed by atoms with E-state index in [1.54, 1.807) is 0 Å². The summed E-state index contributed by atoms with van der Waals surface area (Å²) >= 11 is 1.30. The summed E-state index contributed by atoms with van der Waals surface area (Å²) in [6, 6.07) is 7.41. The third kappa shape index (κ3) is 1.72. The minimum atomic E-state index is -0.153. The van der Waals surface area contributed by atoms with Crippen molar-refractivity contribution < 1.29 is 9.59 Å². The minimum absolute atomic E-state index is 0.0417. The molecule has 0 N–H and O–H groups in total. The highest BCUT2D eigenvalue weighted by atomic mass is 32.1. The first kappa shape index (κ1) is 13.1. The average Bonchev–Trinajstić information content (AvgIpc) is 3.33. The van der Waals surface area contributed by atoms with E-state index in [-0.39, 0.29) is 35.5 Å². The number of carbonyl (C=O) groups excluding carboxylic acids is 2.